The van der Waals surface area contributed by atoms with Gasteiger partial charge in [0.25, 0.3) is 0 Å². The number of nitrogens with zero attached hydrogens (tertiary/aromatic N) is 2. The maximum Gasteiger partial charge on any atom is 0.307 e. The lowest BCUT2D eigenvalue weighted by atomic mass is 10.1. The summed E-state index contributed by atoms with van der Waals surface area (Å²) in [6.45, 7) is 6.31. The van der Waals surface area contributed by atoms with E-state index in [9.17, 15) is 4.79 Å². The van der Waals surface area contributed by atoms with Crippen LogP contribution in [0.5, 0.6) is 0 Å². The number of carboxylic acids is 1. The third-order valence-corrected chi connectivity index (χ3v) is 3.66. The van der Waals surface area contributed by atoms with E-state index < -0.39 is 5.97 Å². The van der Waals surface area contributed by atoms with E-state index in [1.165, 1.54) is 25.7 Å². The molecule has 0 aromatic carbocycles. The number of rotatable bonds is 11. The number of unbranched alkanes of at least 4 members (excludes halogenated alkanes) is 4. The van der Waals surface area contributed by atoms with Crippen LogP contribution in [0.2, 0.25) is 0 Å². The fraction of sp³-hybridized carbons (Fsp3) is 0.647. The number of carboxylic acid groups (broad SMARTS) is 1. The Bertz CT molecular complexity index is 395. The van der Waals surface area contributed by atoms with Gasteiger partial charge >= 0.3 is 5.97 Å². The van der Waals surface area contributed by atoms with Gasteiger partial charge in [0.15, 0.2) is 0 Å². The topological polar surface area (TPSA) is 53.4 Å². The molecule has 0 bridgehead atoms. The summed E-state index contributed by atoms with van der Waals surface area (Å²) >= 11 is 0. The molecule has 1 aromatic rings. The van der Waals surface area contributed by atoms with Crippen LogP contribution < -0.4 is 0 Å². The van der Waals surface area contributed by atoms with Crippen molar-refractivity contribution in [3.05, 3.63) is 30.1 Å². The van der Waals surface area contributed by atoms with Crippen molar-refractivity contribution in [3.8, 4) is 0 Å². The van der Waals surface area contributed by atoms with Gasteiger partial charge < -0.3 is 5.11 Å². The van der Waals surface area contributed by atoms with E-state index in [1.54, 1.807) is 13.1 Å². The number of aromatic nitrogens is 1. The molecule has 118 valence electrons. The Morgan fingerprint density at radius 2 is 2.10 bits per heavy atom. The van der Waals surface area contributed by atoms with Crippen molar-refractivity contribution in [2.45, 2.75) is 52.5 Å². The van der Waals surface area contributed by atoms with Crippen LogP contribution in [0.25, 0.3) is 0 Å². The van der Waals surface area contributed by atoms with Gasteiger partial charge in [-0.1, -0.05) is 45.6 Å². The van der Waals surface area contributed by atoms with Gasteiger partial charge in [0, 0.05) is 25.5 Å². The van der Waals surface area contributed by atoms with Crippen LogP contribution in [0.3, 0.4) is 0 Å². The van der Waals surface area contributed by atoms with E-state index in [0.29, 0.717) is 6.54 Å². The molecule has 4 heteroatoms. The van der Waals surface area contributed by atoms with E-state index in [2.05, 4.69) is 16.8 Å². The molecule has 0 saturated carbocycles. The summed E-state index contributed by atoms with van der Waals surface area (Å²) in [5.74, 6) is -1.06. The molecule has 0 aliphatic carbocycles. The zero-order valence-corrected chi connectivity index (χ0v) is 13.3. The molecular formula is C17H28N2O2. The first-order valence-corrected chi connectivity index (χ1v) is 7.97. The molecule has 1 unspecified atom stereocenters. The number of pyridine rings is 1. The molecule has 0 radical (unpaired) electrons. The molecule has 0 aliphatic heterocycles. The molecule has 0 amide bonds. The van der Waals surface area contributed by atoms with Crippen molar-refractivity contribution >= 4 is 5.97 Å². The van der Waals surface area contributed by atoms with E-state index in [-0.39, 0.29) is 5.92 Å². The van der Waals surface area contributed by atoms with E-state index >= 15 is 0 Å². The van der Waals surface area contributed by atoms with Crippen molar-refractivity contribution in [2.75, 3.05) is 13.1 Å². The third-order valence-electron chi connectivity index (χ3n) is 3.66. The molecule has 0 aliphatic rings. The standard InChI is InChI=1S/C17H28N2O2/c1-3-4-5-6-7-11-19(13-15(2)17(20)21)14-16-9-8-10-18-12-16/h8-10,12,15H,3-7,11,13-14H2,1-2H3,(H,20,21). The highest BCUT2D eigenvalue weighted by atomic mass is 16.4. The monoisotopic (exact) mass is 292 g/mol. The average molecular weight is 292 g/mol. The predicted molar refractivity (Wildman–Crippen MR) is 85.1 cm³/mol. The Labute approximate surface area is 128 Å². The average Bonchev–Trinajstić information content (AvgIpc) is 2.47. The van der Waals surface area contributed by atoms with Gasteiger partial charge in [0.2, 0.25) is 0 Å². The minimum absolute atomic E-state index is 0.336. The Kier molecular flexibility index (Phi) is 8.67. The molecule has 0 fully saturated rings. The first-order chi connectivity index (χ1) is 10.1. The summed E-state index contributed by atoms with van der Waals surface area (Å²) in [6, 6.07) is 3.97. The number of hydrogen-bond donors (Lipinski definition) is 1. The highest BCUT2D eigenvalue weighted by Gasteiger charge is 2.16. The van der Waals surface area contributed by atoms with Crippen LogP contribution in [-0.2, 0) is 11.3 Å². The second-order valence-electron chi connectivity index (χ2n) is 5.75. The van der Waals surface area contributed by atoms with Gasteiger partial charge in [-0.3, -0.25) is 14.7 Å². The fourth-order valence-corrected chi connectivity index (χ4v) is 2.39. The van der Waals surface area contributed by atoms with Gasteiger partial charge in [-0.2, -0.15) is 0 Å². The summed E-state index contributed by atoms with van der Waals surface area (Å²) < 4.78 is 0. The Hall–Kier alpha value is -1.42. The molecule has 1 rings (SSSR count). The van der Waals surface area contributed by atoms with Crippen molar-refractivity contribution < 1.29 is 9.90 Å². The first kappa shape index (κ1) is 17.6. The van der Waals surface area contributed by atoms with Crippen LogP contribution >= 0.6 is 0 Å². The molecule has 1 heterocycles. The zero-order chi connectivity index (χ0) is 15.5. The minimum atomic E-state index is -0.725. The largest absolute Gasteiger partial charge is 0.481 e. The number of aliphatic carboxylic acids is 1. The number of hydrogen-bond acceptors (Lipinski definition) is 3. The molecule has 1 N–H and O–H groups in total. The lowest BCUT2D eigenvalue weighted by Crippen LogP contribution is -2.32. The van der Waals surface area contributed by atoms with Gasteiger partial charge in [-0.15, -0.1) is 0 Å². The van der Waals surface area contributed by atoms with E-state index in [1.807, 2.05) is 18.3 Å². The Balaban J connectivity index is 2.47. The predicted octanol–water partition coefficient (Wildman–Crippen LogP) is 3.57. The van der Waals surface area contributed by atoms with Gasteiger partial charge in [0.1, 0.15) is 0 Å². The smallest absolute Gasteiger partial charge is 0.307 e. The summed E-state index contributed by atoms with van der Waals surface area (Å²) in [7, 11) is 0. The summed E-state index contributed by atoms with van der Waals surface area (Å²) in [4.78, 5) is 17.4. The lowest BCUT2D eigenvalue weighted by Gasteiger charge is -2.24. The quantitative estimate of drug-likeness (QED) is 0.633. The van der Waals surface area contributed by atoms with Crippen LogP contribution in [0.15, 0.2) is 24.5 Å². The summed E-state index contributed by atoms with van der Waals surface area (Å²) in [5, 5.41) is 9.10. The highest BCUT2D eigenvalue weighted by molar-refractivity contribution is 5.69. The lowest BCUT2D eigenvalue weighted by molar-refractivity contribution is -0.141. The van der Waals surface area contributed by atoms with Crippen LogP contribution in [-0.4, -0.2) is 34.0 Å². The summed E-state index contributed by atoms with van der Waals surface area (Å²) in [6.07, 6.45) is 9.77. The normalized spacial score (nSPS) is 12.5. The number of carbonyl (C=O) groups is 1. The van der Waals surface area contributed by atoms with Crippen molar-refractivity contribution in [2.24, 2.45) is 5.92 Å². The minimum Gasteiger partial charge on any atom is -0.481 e. The van der Waals surface area contributed by atoms with Crippen LogP contribution in [0.4, 0.5) is 0 Å². The molecule has 1 aromatic heterocycles. The second kappa shape index (κ2) is 10.3. The SMILES string of the molecule is CCCCCCCN(Cc1cccnc1)CC(C)C(=O)O. The summed E-state index contributed by atoms with van der Waals surface area (Å²) in [5.41, 5.74) is 1.14. The maximum atomic E-state index is 11.1. The molecule has 4 nitrogen and oxygen atoms in total. The van der Waals surface area contributed by atoms with Crippen molar-refractivity contribution in [1.29, 1.82) is 0 Å². The second-order valence-corrected chi connectivity index (χ2v) is 5.75. The molecule has 0 spiro atoms. The third kappa shape index (κ3) is 7.81. The fourth-order valence-electron chi connectivity index (χ4n) is 2.39. The van der Waals surface area contributed by atoms with E-state index in [0.717, 1.165) is 25.1 Å². The maximum absolute atomic E-state index is 11.1. The van der Waals surface area contributed by atoms with E-state index in [4.69, 9.17) is 5.11 Å². The van der Waals surface area contributed by atoms with Crippen molar-refractivity contribution in [3.63, 3.8) is 0 Å². The van der Waals surface area contributed by atoms with Crippen molar-refractivity contribution in [1.82, 2.24) is 9.88 Å². The van der Waals surface area contributed by atoms with Crippen LogP contribution in [0, 0.1) is 5.92 Å². The Morgan fingerprint density at radius 3 is 2.71 bits per heavy atom. The molecule has 1 atom stereocenters. The van der Waals surface area contributed by atoms with Gasteiger partial charge in [-0.25, -0.2) is 0 Å². The van der Waals surface area contributed by atoms with Crippen LogP contribution in [0.1, 0.15) is 51.5 Å². The van der Waals surface area contributed by atoms with Gasteiger partial charge in [-0.05, 0) is 24.6 Å². The van der Waals surface area contributed by atoms with Gasteiger partial charge in [0.05, 0.1) is 5.92 Å². The molecule has 21 heavy (non-hydrogen) atoms. The molecular weight excluding hydrogens is 264 g/mol. The Morgan fingerprint density at radius 1 is 1.33 bits per heavy atom. The molecule has 0 saturated heterocycles. The first-order valence-electron chi connectivity index (χ1n) is 7.97. The zero-order valence-electron chi connectivity index (χ0n) is 13.3. The highest BCUT2D eigenvalue weighted by Crippen LogP contribution is 2.10.